The molecule has 0 bridgehead atoms. The predicted octanol–water partition coefficient (Wildman–Crippen LogP) is 3.55. The molecule has 0 aromatic heterocycles. The highest BCUT2D eigenvalue weighted by Gasteiger charge is 2.41. The fourth-order valence-corrected chi connectivity index (χ4v) is 4.90. The summed E-state index contributed by atoms with van der Waals surface area (Å²) in [4.78, 5) is 37.5. The SMILES string of the molecule is CC(C)[C@@H](NC(=O)OCC1c2ccccc2-c2ccccc21)C(=O)NCC1(C(=O)O)CCOCC1. The van der Waals surface area contributed by atoms with Crippen LogP contribution in [0.3, 0.4) is 0 Å². The van der Waals surface area contributed by atoms with E-state index in [1.807, 2.05) is 50.2 Å². The molecule has 1 atom stereocenters. The number of carboxylic acid groups (broad SMARTS) is 1. The van der Waals surface area contributed by atoms with Crippen molar-refractivity contribution < 1.29 is 29.0 Å². The molecule has 0 radical (unpaired) electrons. The number of aliphatic carboxylic acids is 1. The van der Waals surface area contributed by atoms with Gasteiger partial charge in [-0.25, -0.2) is 4.79 Å². The zero-order valence-electron chi connectivity index (χ0n) is 20.1. The van der Waals surface area contributed by atoms with Crippen LogP contribution in [0.5, 0.6) is 0 Å². The molecule has 8 nitrogen and oxygen atoms in total. The van der Waals surface area contributed by atoms with Crippen LogP contribution in [-0.2, 0) is 19.1 Å². The van der Waals surface area contributed by atoms with Gasteiger partial charge >= 0.3 is 12.1 Å². The summed E-state index contributed by atoms with van der Waals surface area (Å²) in [6, 6.07) is 15.3. The molecule has 1 heterocycles. The number of carboxylic acids is 1. The zero-order valence-corrected chi connectivity index (χ0v) is 20.1. The molecule has 35 heavy (non-hydrogen) atoms. The van der Waals surface area contributed by atoms with Gasteiger partial charge in [-0.15, -0.1) is 0 Å². The van der Waals surface area contributed by atoms with Gasteiger partial charge < -0.3 is 25.2 Å². The van der Waals surface area contributed by atoms with E-state index in [1.54, 1.807) is 0 Å². The first kappa shape index (κ1) is 24.7. The van der Waals surface area contributed by atoms with Crippen molar-refractivity contribution in [2.75, 3.05) is 26.4 Å². The van der Waals surface area contributed by atoms with Gasteiger partial charge in [0.1, 0.15) is 12.6 Å². The van der Waals surface area contributed by atoms with Crippen molar-refractivity contribution in [1.82, 2.24) is 10.6 Å². The van der Waals surface area contributed by atoms with Gasteiger partial charge in [0.05, 0.1) is 5.41 Å². The quantitative estimate of drug-likeness (QED) is 0.533. The first-order chi connectivity index (χ1) is 16.8. The van der Waals surface area contributed by atoms with E-state index >= 15 is 0 Å². The van der Waals surface area contributed by atoms with Crippen molar-refractivity contribution >= 4 is 18.0 Å². The molecule has 8 heteroatoms. The average molecular weight is 481 g/mol. The highest BCUT2D eigenvalue weighted by Crippen LogP contribution is 2.44. The molecule has 1 aliphatic heterocycles. The van der Waals surface area contributed by atoms with Gasteiger partial charge in [0.25, 0.3) is 0 Å². The van der Waals surface area contributed by atoms with Crippen molar-refractivity contribution in [3.8, 4) is 11.1 Å². The van der Waals surface area contributed by atoms with Crippen LogP contribution < -0.4 is 10.6 Å². The summed E-state index contributed by atoms with van der Waals surface area (Å²) >= 11 is 0. The molecule has 2 aromatic rings. The summed E-state index contributed by atoms with van der Waals surface area (Å²) in [6.07, 6.45) is -0.0245. The molecule has 1 aliphatic carbocycles. The maximum atomic E-state index is 12.9. The largest absolute Gasteiger partial charge is 0.481 e. The van der Waals surface area contributed by atoms with E-state index in [0.717, 1.165) is 22.3 Å². The number of hydrogen-bond acceptors (Lipinski definition) is 5. The standard InChI is InChI=1S/C27H32N2O6/c1-17(2)23(24(30)28-16-27(25(31)32)11-13-34-14-12-27)29-26(33)35-15-22-20-9-5-3-7-18(20)19-8-4-6-10-21(19)22/h3-10,17,22-23H,11-16H2,1-2H3,(H,28,30)(H,29,33)(H,31,32)/t23-/m1/s1. The number of amides is 2. The molecule has 2 aliphatic rings. The fourth-order valence-electron chi connectivity index (χ4n) is 4.90. The first-order valence-electron chi connectivity index (χ1n) is 12.0. The Morgan fingerprint density at radius 3 is 2.14 bits per heavy atom. The van der Waals surface area contributed by atoms with Gasteiger partial charge in [-0.05, 0) is 41.0 Å². The molecule has 3 N–H and O–H groups in total. The highest BCUT2D eigenvalue weighted by molar-refractivity contribution is 5.86. The third kappa shape index (κ3) is 5.17. The Balaban J connectivity index is 1.37. The van der Waals surface area contributed by atoms with Gasteiger partial charge in [0.15, 0.2) is 0 Å². The molecule has 186 valence electrons. The number of nitrogens with one attached hydrogen (secondary N) is 2. The molecule has 0 spiro atoms. The van der Waals surface area contributed by atoms with Gasteiger partial charge in [-0.3, -0.25) is 9.59 Å². The second-order valence-corrected chi connectivity index (χ2v) is 9.61. The minimum Gasteiger partial charge on any atom is -0.481 e. The lowest BCUT2D eigenvalue weighted by Gasteiger charge is -2.33. The normalized spacial score (nSPS) is 17.2. The Morgan fingerprint density at radius 1 is 1.03 bits per heavy atom. The Labute approximate surface area is 205 Å². The molecule has 1 fully saturated rings. The smallest absolute Gasteiger partial charge is 0.407 e. The summed E-state index contributed by atoms with van der Waals surface area (Å²) in [6.45, 7) is 4.45. The number of ether oxygens (including phenoxy) is 2. The van der Waals surface area contributed by atoms with Crippen LogP contribution in [0.2, 0.25) is 0 Å². The molecular formula is C27H32N2O6. The van der Waals surface area contributed by atoms with E-state index in [2.05, 4.69) is 22.8 Å². The number of benzene rings is 2. The number of rotatable bonds is 8. The van der Waals surface area contributed by atoms with Gasteiger partial charge in [0.2, 0.25) is 5.91 Å². The lowest BCUT2D eigenvalue weighted by atomic mass is 9.80. The van der Waals surface area contributed by atoms with Crippen LogP contribution in [0.25, 0.3) is 11.1 Å². The summed E-state index contributed by atoms with van der Waals surface area (Å²) in [5.41, 5.74) is 3.43. The fraction of sp³-hybridized carbons (Fsp3) is 0.444. The van der Waals surface area contributed by atoms with Crippen LogP contribution in [0, 0.1) is 11.3 Å². The molecule has 2 amide bonds. The Hall–Kier alpha value is -3.39. The van der Waals surface area contributed by atoms with Gasteiger partial charge in [-0.1, -0.05) is 62.4 Å². The van der Waals surface area contributed by atoms with Gasteiger partial charge in [0, 0.05) is 25.7 Å². The van der Waals surface area contributed by atoms with Crippen molar-refractivity contribution in [2.45, 2.75) is 38.6 Å². The monoisotopic (exact) mass is 480 g/mol. The summed E-state index contributed by atoms with van der Waals surface area (Å²) < 4.78 is 10.9. The number of alkyl carbamates (subject to hydrolysis) is 1. The van der Waals surface area contributed by atoms with Crippen LogP contribution in [0.1, 0.15) is 43.7 Å². The minimum atomic E-state index is -1.06. The lowest BCUT2D eigenvalue weighted by Crippen LogP contribution is -2.53. The molecule has 4 rings (SSSR count). The van der Waals surface area contributed by atoms with E-state index in [0.29, 0.717) is 26.1 Å². The molecule has 0 saturated carbocycles. The Kier molecular flexibility index (Phi) is 7.40. The molecule has 0 unspecified atom stereocenters. The second kappa shape index (κ2) is 10.5. The number of carbonyl (C=O) groups excluding carboxylic acids is 2. The third-order valence-corrected chi connectivity index (χ3v) is 7.07. The molecule has 1 saturated heterocycles. The van der Waals surface area contributed by atoms with Crippen molar-refractivity contribution in [1.29, 1.82) is 0 Å². The number of carbonyl (C=O) groups is 3. The maximum absolute atomic E-state index is 12.9. The first-order valence-corrected chi connectivity index (χ1v) is 12.0. The second-order valence-electron chi connectivity index (χ2n) is 9.61. The zero-order chi connectivity index (χ0) is 25.0. The number of hydrogen-bond donors (Lipinski definition) is 3. The van der Waals surface area contributed by atoms with E-state index in [-0.39, 0.29) is 25.0 Å². The lowest BCUT2D eigenvalue weighted by molar-refractivity contribution is -0.154. The predicted molar refractivity (Wildman–Crippen MR) is 130 cm³/mol. The molecule has 2 aromatic carbocycles. The Morgan fingerprint density at radius 2 is 1.60 bits per heavy atom. The summed E-state index contributed by atoms with van der Waals surface area (Å²) in [5.74, 6) is -1.68. The highest BCUT2D eigenvalue weighted by atomic mass is 16.5. The van der Waals surface area contributed by atoms with Crippen LogP contribution >= 0.6 is 0 Å². The van der Waals surface area contributed by atoms with Gasteiger partial charge in [-0.2, -0.15) is 0 Å². The van der Waals surface area contributed by atoms with Crippen LogP contribution in [0.4, 0.5) is 4.79 Å². The topological polar surface area (TPSA) is 114 Å². The van der Waals surface area contributed by atoms with Crippen molar-refractivity contribution in [3.63, 3.8) is 0 Å². The molecular weight excluding hydrogens is 448 g/mol. The van der Waals surface area contributed by atoms with E-state index in [9.17, 15) is 19.5 Å². The maximum Gasteiger partial charge on any atom is 0.407 e. The van der Waals surface area contributed by atoms with Crippen LogP contribution in [-0.4, -0.2) is 55.5 Å². The van der Waals surface area contributed by atoms with Crippen molar-refractivity contribution in [3.05, 3.63) is 59.7 Å². The third-order valence-electron chi connectivity index (χ3n) is 7.07. The summed E-state index contributed by atoms with van der Waals surface area (Å²) in [7, 11) is 0. The minimum absolute atomic E-state index is 0.0138. The van der Waals surface area contributed by atoms with E-state index in [1.165, 1.54) is 0 Å². The number of fused-ring (bicyclic) bond motifs is 3. The van der Waals surface area contributed by atoms with Crippen LogP contribution in [0.15, 0.2) is 48.5 Å². The van der Waals surface area contributed by atoms with E-state index < -0.39 is 29.4 Å². The summed E-state index contributed by atoms with van der Waals surface area (Å²) in [5, 5.41) is 15.1. The average Bonchev–Trinajstić information content (AvgIpc) is 3.18. The Bertz CT molecular complexity index is 1050. The van der Waals surface area contributed by atoms with E-state index in [4.69, 9.17) is 9.47 Å². The van der Waals surface area contributed by atoms with Crippen molar-refractivity contribution in [2.24, 2.45) is 11.3 Å².